The zero-order chi connectivity index (χ0) is 14.5. The standard InChI is InChI=1S/C17H28O2/c1-12-7-9-13(10-8-12)16(5)11-17(16,6)14(18)19-15(2,3)4/h7,13H,8-11H2,1-6H3/t13-,16?,17?/m1/s1. The first-order valence-electron chi connectivity index (χ1n) is 7.48. The largest absolute Gasteiger partial charge is 0.460 e. The molecule has 1 fully saturated rings. The highest BCUT2D eigenvalue weighted by molar-refractivity contribution is 5.81. The van der Waals surface area contributed by atoms with Crippen molar-refractivity contribution in [1.82, 2.24) is 0 Å². The number of esters is 1. The summed E-state index contributed by atoms with van der Waals surface area (Å²) in [6, 6.07) is 0. The van der Waals surface area contributed by atoms with Crippen LogP contribution in [0.2, 0.25) is 0 Å². The molecular formula is C17H28O2. The molecule has 3 atom stereocenters. The summed E-state index contributed by atoms with van der Waals surface area (Å²) in [6.45, 7) is 12.4. The Kier molecular flexibility index (Phi) is 3.35. The smallest absolute Gasteiger partial charge is 0.312 e. The molecule has 2 aliphatic rings. The lowest BCUT2D eigenvalue weighted by Gasteiger charge is -2.31. The van der Waals surface area contributed by atoms with Crippen LogP contribution in [0.1, 0.15) is 67.2 Å². The molecule has 2 nitrogen and oxygen atoms in total. The molecule has 0 aromatic heterocycles. The minimum Gasteiger partial charge on any atom is -0.460 e. The van der Waals surface area contributed by atoms with Crippen molar-refractivity contribution in [2.75, 3.05) is 0 Å². The second-order valence-electron chi connectivity index (χ2n) is 7.95. The third kappa shape index (κ3) is 2.59. The van der Waals surface area contributed by atoms with Gasteiger partial charge in [-0.2, -0.15) is 0 Å². The molecule has 2 heteroatoms. The number of carbonyl (C=O) groups excluding carboxylic acids is 1. The first-order valence-corrected chi connectivity index (χ1v) is 7.48. The summed E-state index contributed by atoms with van der Waals surface area (Å²) in [6.07, 6.45) is 6.86. The molecule has 1 saturated carbocycles. The van der Waals surface area contributed by atoms with Gasteiger partial charge in [-0.15, -0.1) is 0 Å². The molecule has 2 rings (SSSR count). The van der Waals surface area contributed by atoms with Crippen molar-refractivity contribution in [2.45, 2.75) is 72.8 Å². The fourth-order valence-electron chi connectivity index (χ4n) is 3.53. The molecule has 0 radical (unpaired) electrons. The van der Waals surface area contributed by atoms with Crippen molar-refractivity contribution in [3.05, 3.63) is 11.6 Å². The van der Waals surface area contributed by atoms with Crippen LogP contribution in [0.5, 0.6) is 0 Å². The molecule has 0 heterocycles. The van der Waals surface area contributed by atoms with E-state index in [4.69, 9.17) is 4.74 Å². The molecule has 0 spiro atoms. The summed E-state index contributed by atoms with van der Waals surface area (Å²) in [5.41, 5.74) is 0.975. The molecule has 0 bridgehead atoms. The van der Waals surface area contributed by atoms with Crippen molar-refractivity contribution >= 4 is 5.97 Å². The molecule has 0 amide bonds. The van der Waals surface area contributed by atoms with E-state index in [-0.39, 0.29) is 22.4 Å². The second-order valence-corrected chi connectivity index (χ2v) is 7.95. The highest BCUT2D eigenvalue weighted by atomic mass is 16.6. The number of rotatable bonds is 2. The van der Waals surface area contributed by atoms with E-state index in [0.717, 1.165) is 12.8 Å². The SMILES string of the molecule is CC1=CC[C@@H](C2(C)CC2(C)C(=O)OC(C)(C)C)CC1. The molecule has 108 valence electrons. The molecule has 0 aromatic carbocycles. The number of hydrogen-bond acceptors (Lipinski definition) is 2. The number of carbonyl (C=O) groups is 1. The summed E-state index contributed by atoms with van der Waals surface area (Å²) < 4.78 is 5.62. The second kappa shape index (κ2) is 4.36. The van der Waals surface area contributed by atoms with Crippen LogP contribution in [0, 0.1) is 16.7 Å². The van der Waals surface area contributed by atoms with Gasteiger partial charge in [0, 0.05) is 0 Å². The van der Waals surface area contributed by atoms with Gasteiger partial charge in [-0.05, 0) is 71.6 Å². The van der Waals surface area contributed by atoms with Crippen LogP contribution in [0.25, 0.3) is 0 Å². The molecule has 0 aliphatic heterocycles. The van der Waals surface area contributed by atoms with Gasteiger partial charge in [0.2, 0.25) is 0 Å². The van der Waals surface area contributed by atoms with Crippen LogP contribution >= 0.6 is 0 Å². The minimum absolute atomic E-state index is 0.00576. The quantitative estimate of drug-likeness (QED) is 0.542. The summed E-state index contributed by atoms with van der Waals surface area (Å²) in [5.74, 6) is 0.627. The monoisotopic (exact) mass is 264 g/mol. The van der Waals surface area contributed by atoms with Crippen LogP contribution in [0.4, 0.5) is 0 Å². The Labute approximate surface area is 117 Å². The average molecular weight is 264 g/mol. The Balaban J connectivity index is 2.06. The van der Waals surface area contributed by atoms with E-state index in [2.05, 4.69) is 26.8 Å². The lowest BCUT2D eigenvalue weighted by atomic mass is 9.75. The fraction of sp³-hybridized carbons (Fsp3) is 0.824. The van der Waals surface area contributed by atoms with E-state index in [1.807, 2.05) is 20.8 Å². The van der Waals surface area contributed by atoms with Crippen molar-refractivity contribution < 1.29 is 9.53 Å². The number of ether oxygens (including phenoxy) is 1. The predicted octanol–water partition coefficient (Wildman–Crippen LogP) is 4.49. The van der Waals surface area contributed by atoms with Gasteiger partial charge in [0.25, 0.3) is 0 Å². The van der Waals surface area contributed by atoms with Gasteiger partial charge in [-0.1, -0.05) is 18.6 Å². The third-order valence-electron chi connectivity index (χ3n) is 5.24. The van der Waals surface area contributed by atoms with Gasteiger partial charge in [0.1, 0.15) is 5.60 Å². The highest BCUT2D eigenvalue weighted by Crippen LogP contribution is 2.70. The Hall–Kier alpha value is -0.790. The van der Waals surface area contributed by atoms with Gasteiger partial charge < -0.3 is 4.74 Å². The maximum Gasteiger partial charge on any atom is 0.312 e. The Morgan fingerprint density at radius 3 is 2.47 bits per heavy atom. The molecule has 0 saturated heterocycles. The minimum atomic E-state index is -0.382. The maximum absolute atomic E-state index is 12.4. The number of hydrogen-bond donors (Lipinski definition) is 0. The topological polar surface area (TPSA) is 26.3 Å². The van der Waals surface area contributed by atoms with E-state index in [0.29, 0.717) is 5.92 Å². The lowest BCUT2D eigenvalue weighted by molar-refractivity contribution is -0.163. The summed E-state index contributed by atoms with van der Waals surface area (Å²) in [7, 11) is 0. The highest BCUT2D eigenvalue weighted by Gasteiger charge is 2.69. The van der Waals surface area contributed by atoms with Crippen molar-refractivity contribution in [3.8, 4) is 0 Å². The van der Waals surface area contributed by atoms with Gasteiger partial charge in [0.05, 0.1) is 5.41 Å². The molecule has 19 heavy (non-hydrogen) atoms. The van der Waals surface area contributed by atoms with E-state index in [9.17, 15) is 4.79 Å². The third-order valence-corrected chi connectivity index (χ3v) is 5.24. The van der Waals surface area contributed by atoms with E-state index < -0.39 is 0 Å². The van der Waals surface area contributed by atoms with Gasteiger partial charge in [-0.25, -0.2) is 0 Å². The molecular weight excluding hydrogens is 236 g/mol. The Bertz CT molecular complexity index is 415. The molecule has 0 aromatic rings. The zero-order valence-electron chi connectivity index (χ0n) is 13.3. The van der Waals surface area contributed by atoms with E-state index in [1.54, 1.807) is 0 Å². The van der Waals surface area contributed by atoms with Crippen molar-refractivity contribution in [2.24, 2.45) is 16.7 Å². The fourth-order valence-corrected chi connectivity index (χ4v) is 3.53. The summed E-state index contributed by atoms with van der Waals surface area (Å²) in [5, 5.41) is 0. The average Bonchev–Trinajstić information content (AvgIpc) is 2.83. The molecule has 0 N–H and O–H groups in total. The van der Waals surface area contributed by atoms with Crippen LogP contribution in [-0.4, -0.2) is 11.6 Å². The summed E-state index contributed by atoms with van der Waals surface area (Å²) in [4.78, 5) is 12.4. The summed E-state index contributed by atoms with van der Waals surface area (Å²) >= 11 is 0. The molecule has 2 aliphatic carbocycles. The first kappa shape index (κ1) is 14.6. The predicted molar refractivity (Wildman–Crippen MR) is 77.8 cm³/mol. The van der Waals surface area contributed by atoms with E-state index in [1.165, 1.54) is 18.4 Å². The lowest BCUT2D eigenvalue weighted by Crippen LogP contribution is -2.33. The maximum atomic E-state index is 12.4. The Morgan fingerprint density at radius 2 is 2.00 bits per heavy atom. The van der Waals surface area contributed by atoms with E-state index >= 15 is 0 Å². The molecule has 2 unspecified atom stereocenters. The Morgan fingerprint density at radius 1 is 1.37 bits per heavy atom. The van der Waals surface area contributed by atoms with Crippen LogP contribution in [0.15, 0.2) is 11.6 Å². The first-order chi connectivity index (χ1) is 8.58. The number of allylic oxidation sites excluding steroid dienone is 2. The normalized spacial score (nSPS) is 38.6. The van der Waals surface area contributed by atoms with Crippen LogP contribution < -0.4 is 0 Å². The zero-order valence-corrected chi connectivity index (χ0v) is 13.3. The van der Waals surface area contributed by atoms with Gasteiger partial charge >= 0.3 is 5.97 Å². The van der Waals surface area contributed by atoms with Gasteiger partial charge in [-0.3, -0.25) is 4.79 Å². The van der Waals surface area contributed by atoms with Crippen LogP contribution in [-0.2, 0) is 9.53 Å². The van der Waals surface area contributed by atoms with Crippen molar-refractivity contribution in [3.63, 3.8) is 0 Å². The van der Waals surface area contributed by atoms with Gasteiger partial charge in [0.15, 0.2) is 0 Å². The van der Waals surface area contributed by atoms with Crippen LogP contribution in [0.3, 0.4) is 0 Å². The van der Waals surface area contributed by atoms with Crippen molar-refractivity contribution in [1.29, 1.82) is 0 Å².